The van der Waals surface area contributed by atoms with E-state index in [2.05, 4.69) is 16.4 Å². The van der Waals surface area contributed by atoms with Gasteiger partial charge in [0, 0.05) is 24.4 Å². The monoisotopic (exact) mass is 859 g/mol. The van der Waals surface area contributed by atoms with Gasteiger partial charge in [-0.15, -0.1) is 11.3 Å². The minimum absolute atomic E-state index is 0.0941. The number of carbonyl (C=O) groups excluding carboxylic acids is 1. The molecule has 0 radical (unpaired) electrons. The summed E-state index contributed by atoms with van der Waals surface area (Å²) in [6.45, 7) is 3.30. The van der Waals surface area contributed by atoms with Gasteiger partial charge in [0.2, 0.25) is 5.91 Å². The molecule has 0 saturated heterocycles. The predicted molar refractivity (Wildman–Crippen MR) is 230 cm³/mol. The molecule has 6 aromatic rings. The minimum Gasteiger partial charge on any atom is -0.489 e. The molecule has 2 aliphatic rings. The van der Waals surface area contributed by atoms with Crippen LogP contribution in [0.3, 0.4) is 0 Å². The summed E-state index contributed by atoms with van der Waals surface area (Å²) in [5.41, 5.74) is 13.8. The summed E-state index contributed by atoms with van der Waals surface area (Å²) in [7, 11) is 0. The fraction of sp³-hybridized carbons (Fsp3) is 0.217. The van der Waals surface area contributed by atoms with Gasteiger partial charge in [-0.1, -0.05) is 77.8 Å². The SMILES string of the molecule is Cc1nc(N)sc1CN1Cc2cc3c(cc2CC1C(=O)N[C@@H](Cc1ccc(-c2ccc(C#N)cc2)cc1)C(=O)O)OC[C@H](c1ccc(OCc2ccc(Cl)c(Cl)c2)cc1)O3. The van der Waals surface area contributed by atoms with Gasteiger partial charge in [0.25, 0.3) is 0 Å². The first-order valence-electron chi connectivity index (χ1n) is 19.2. The Hall–Kier alpha value is -6.10. The van der Waals surface area contributed by atoms with Crippen LogP contribution in [-0.4, -0.2) is 45.6 Å². The number of fused-ring (bicyclic) bond motifs is 2. The molecule has 1 unspecified atom stereocenters. The van der Waals surface area contributed by atoms with Crippen molar-refractivity contribution in [2.75, 3.05) is 12.3 Å². The first kappa shape index (κ1) is 40.7. The highest BCUT2D eigenvalue weighted by atomic mass is 35.5. The number of anilines is 1. The van der Waals surface area contributed by atoms with Gasteiger partial charge in [-0.2, -0.15) is 5.26 Å². The summed E-state index contributed by atoms with van der Waals surface area (Å²) >= 11 is 13.6. The van der Waals surface area contributed by atoms with Crippen LogP contribution in [0.25, 0.3) is 11.1 Å². The molecule has 304 valence electrons. The number of aliphatic carboxylic acids is 1. The zero-order valence-corrected chi connectivity index (χ0v) is 34.7. The van der Waals surface area contributed by atoms with Crippen LogP contribution in [0.15, 0.2) is 103 Å². The number of nitrogen functional groups attached to an aromatic ring is 1. The van der Waals surface area contributed by atoms with Crippen LogP contribution < -0.4 is 25.3 Å². The number of nitrogens with zero attached hydrogens (tertiary/aromatic N) is 3. The number of carboxylic acids is 1. The Morgan fingerprint density at radius 2 is 1.67 bits per heavy atom. The average molecular weight is 861 g/mol. The second-order valence-corrected chi connectivity index (χ2v) is 16.7. The van der Waals surface area contributed by atoms with Crippen molar-refractivity contribution >= 4 is 51.5 Å². The van der Waals surface area contributed by atoms with Crippen LogP contribution in [0.2, 0.25) is 10.0 Å². The predicted octanol–water partition coefficient (Wildman–Crippen LogP) is 8.71. The molecule has 8 rings (SSSR count). The van der Waals surface area contributed by atoms with Gasteiger partial charge in [-0.05, 0) is 101 Å². The van der Waals surface area contributed by atoms with E-state index in [0.29, 0.717) is 64.1 Å². The number of hydrogen-bond acceptors (Lipinski definition) is 10. The van der Waals surface area contributed by atoms with Crippen molar-refractivity contribution in [2.24, 2.45) is 0 Å². The van der Waals surface area contributed by atoms with E-state index in [9.17, 15) is 14.7 Å². The fourth-order valence-corrected chi connectivity index (χ4v) is 8.60. The number of halogens is 2. The molecule has 0 spiro atoms. The number of benzene rings is 5. The zero-order chi connectivity index (χ0) is 41.9. The number of aryl methyl sites for hydroxylation is 1. The molecule has 0 bridgehead atoms. The average Bonchev–Trinajstić information content (AvgIpc) is 3.58. The minimum atomic E-state index is -1.16. The standard InChI is InChI=1S/C46H39Cl2N5O6S/c1-26-43(60-46(50)51-26)23-53-22-34-20-41-40(58-25-42(59-41)32-11-13-35(14-12-32)57-24-29-6-15-36(47)37(48)16-29)19-33(34)18-39(53)44(54)52-38(45(55)56)17-27-2-7-30(8-3-27)31-9-4-28(21-49)5-10-31/h2-16,19-20,38-39,42H,17-18,22-25H2,1H3,(H2,50,51)(H,52,54)(H,55,56)/t38-,39?,42+/m0/s1. The van der Waals surface area contributed by atoms with Crippen molar-refractivity contribution < 1.29 is 28.9 Å². The molecule has 2 aliphatic heterocycles. The summed E-state index contributed by atoms with van der Waals surface area (Å²) in [5, 5.41) is 23.7. The normalized spacial score (nSPS) is 16.3. The maximum atomic E-state index is 14.2. The smallest absolute Gasteiger partial charge is 0.326 e. The van der Waals surface area contributed by atoms with E-state index in [0.717, 1.165) is 49.5 Å². The van der Waals surface area contributed by atoms with Gasteiger partial charge in [-0.3, -0.25) is 9.69 Å². The molecule has 3 heterocycles. The number of rotatable bonds is 12. The number of ether oxygens (including phenoxy) is 3. The number of carbonyl (C=O) groups is 2. The van der Waals surface area contributed by atoms with E-state index < -0.39 is 24.0 Å². The van der Waals surface area contributed by atoms with Crippen molar-refractivity contribution in [3.05, 3.63) is 157 Å². The lowest BCUT2D eigenvalue weighted by atomic mass is 9.92. The van der Waals surface area contributed by atoms with Gasteiger partial charge in [0.15, 0.2) is 22.7 Å². The lowest BCUT2D eigenvalue weighted by Gasteiger charge is -2.37. The van der Waals surface area contributed by atoms with Crippen LogP contribution in [0.5, 0.6) is 17.2 Å². The van der Waals surface area contributed by atoms with Crippen LogP contribution >= 0.6 is 34.5 Å². The summed E-state index contributed by atoms with van der Waals surface area (Å²) in [5.74, 6) is 0.349. The maximum Gasteiger partial charge on any atom is 0.326 e. The molecule has 0 saturated carbocycles. The zero-order valence-electron chi connectivity index (χ0n) is 32.4. The number of carboxylic acid groups (broad SMARTS) is 1. The van der Waals surface area contributed by atoms with E-state index >= 15 is 0 Å². The van der Waals surface area contributed by atoms with E-state index in [1.807, 2.05) is 90.7 Å². The van der Waals surface area contributed by atoms with Crippen LogP contribution in [0.1, 0.15) is 50.1 Å². The molecule has 0 aliphatic carbocycles. The molecule has 1 amide bonds. The number of aromatic nitrogens is 1. The Labute approximate surface area is 360 Å². The molecular weight excluding hydrogens is 822 g/mol. The fourth-order valence-electron chi connectivity index (χ4n) is 7.42. The van der Waals surface area contributed by atoms with E-state index in [1.54, 1.807) is 24.3 Å². The quantitative estimate of drug-likeness (QED) is 0.109. The van der Waals surface area contributed by atoms with Crippen LogP contribution in [-0.2, 0) is 42.1 Å². The highest BCUT2D eigenvalue weighted by molar-refractivity contribution is 7.15. The largest absolute Gasteiger partial charge is 0.489 e. The van der Waals surface area contributed by atoms with Gasteiger partial charge in [-0.25, -0.2) is 9.78 Å². The summed E-state index contributed by atoms with van der Waals surface area (Å²) in [4.78, 5) is 34.1. The van der Waals surface area contributed by atoms with Crippen LogP contribution in [0, 0.1) is 18.3 Å². The number of nitrogens with one attached hydrogen (secondary N) is 1. The summed E-state index contributed by atoms with van der Waals surface area (Å²) in [6.07, 6.45) is 0.0571. The molecule has 0 fully saturated rings. The van der Waals surface area contributed by atoms with Crippen molar-refractivity contribution in [1.29, 1.82) is 5.26 Å². The number of amides is 1. The second-order valence-electron chi connectivity index (χ2n) is 14.8. The molecule has 1 aromatic heterocycles. The second kappa shape index (κ2) is 17.6. The van der Waals surface area contributed by atoms with Crippen molar-refractivity contribution in [2.45, 2.75) is 57.6 Å². The lowest BCUT2D eigenvalue weighted by Crippen LogP contribution is -2.54. The van der Waals surface area contributed by atoms with Crippen molar-refractivity contribution in [3.8, 4) is 34.4 Å². The Bertz CT molecular complexity index is 2600. The highest BCUT2D eigenvalue weighted by Crippen LogP contribution is 2.41. The Kier molecular flexibility index (Phi) is 12.0. The number of nitrogens with two attached hydrogens (primary N) is 1. The van der Waals surface area contributed by atoms with E-state index in [4.69, 9.17) is 48.4 Å². The van der Waals surface area contributed by atoms with E-state index in [1.165, 1.54) is 11.3 Å². The molecule has 14 heteroatoms. The molecule has 5 aromatic carbocycles. The Morgan fingerprint density at radius 1 is 0.967 bits per heavy atom. The van der Waals surface area contributed by atoms with Crippen molar-refractivity contribution in [1.82, 2.24) is 15.2 Å². The third kappa shape index (κ3) is 9.20. The summed E-state index contributed by atoms with van der Waals surface area (Å²) < 4.78 is 18.7. The first-order valence-corrected chi connectivity index (χ1v) is 20.8. The third-order valence-corrected chi connectivity index (χ3v) is 12.4. The van der Waals surface area contributed by atoms with Crippen molar-refractivity contribution in [3.63, 3.8) is 0 Å². The maximum absolute atomic E-state index is 14.2. The summed E-state index contributed by atoms with van der Waals surface area (Å²) in [6, 6.07) is 32.0. The number of hydrogen-bond donors (Lipinski definition) is 3. The Balaban J connectivity index is 0.967. The Morgan fingerprint density at radius 3 is 2.33 bits per heavy atom. The van der Waals surface area contributed by atoms with Gasteiger partial charge >= 0.3 is 5.97 Å². The molecule has 11 nitrogen and oxygen atoms in total. The number of thiazole rings is 1. The van der Waals surface area contributed by atoms with Gasteiger partial charge in [0.05, 0.1) is 33.4 Å². The molecule has 4 N–H and O–H groups in total. The molecule has 60 heavy (non-hydrogen) atoms. The highest BCUT2D eigenvalue weighted by Gasteiger charge is 2.36. The third-order valence-electron chi connectivity index (χ3n) is 10.7. The topological polar surface area (TPSA) is 160 Å². The van der Waals surface area contributed by atoms with Gasteiger partial charge < -0.3 is 30.4 Å². The van der Waals surface area contributed by atoms with Crippen LogP contribution in [0.4, 0.5) is 5.13 Å². The first-order chi connectivity index (χ1) is 29.0. The van der Waals surface area contributed by atoms with E-state index in [-0.39, 0.29) is 19.1 Å². The molecular formula is C46H39Cl2N5O6S. The van der Waals surface area contributed by atoms with Gasteiger partial charge in [0.1, 0.15) is 25.0 Å². The molecule has 3 atom stereocenters. The lowest BCUT2D eigenvalue weighted by molar-refractivity contribution is -0.142. The number of nitriles is 1.